The molecule has 3 rings (SSSR count). The van der Waals surface area contributed by atoms with Crippen molar-refractivity contribution >= 4 is 23.0 Å². The van der Waals surface area contributed by atoms with Crippen LogP contribution in [0.5, 0.6) is 0 Å². The molecule has 2 heterocycles. The maximum Gasteiger partial charge on any atom is 0.191 e. The van der Waals surface area contributed by atoms with Gasteiger partial charge in [-0.2, -0.15) is 0 Å². The maximum atomic E-state index is 13.9. The van der Waals surface area contributed by atoms with Gasteiger partial charge in [-0.25, -0.2) is 8.78 Å². The topological polar surface area (TPSA) is 39.7 Å². The van der Waals surface area contributed by atoms with Crippen molar-refractivity contribution in [2.75, 3.05) is 25.0 Å². The number of halogens is 2. The first-order chi connectivity index (χ1) is 11.7. The number of hydrogen-bond acceptors (Lipinski definition) is 3. The summed E-state index contributed by atoms with van der Waals surface area (Å²) in [6.45, 7) is 1.85. The van der Waals surface area contributed by atoms with Crippen LogP contribution in [0.25, 0.3) is 0 Å². The van der Waals surface area contributed by atoms with Crippen molar-refractivity contribution in [3.63, 3.8) is 0 Å². The Morgan fingerprint density at radius 2 is 2.08 bits per heavy atom. The Balaban J connectivity index is 1.57. The number of para-hydroxylation sites is 1. The van der Waals surface area contributed by atoms with Crippen LogP contribution in [0.2, 0.25) is 0 Å². The third kappa shape index (κ3) is 3.84. The van der Waals surface area contributed by atoms with Crippen LogP contribution in [-0.2, 0) is 6.54 Å². The molecule has 1 aromatic heterocycles. The van der Waals surface area contributed by atoms with E-state index in [2.05, 4.69) is 21.7 Å². The fourth-order valence-corrected chi connectivity index (χ4v) is 3.49. The number of rotatable bonds is 4. The summed E-state index contributed by atoms with van der Waals surface area (Å²) in [5, 5.41) is 8.62. The van der Waals surface area contributed by atoms with Gasteiger partial charge in [0.25, 0.3) is 0 Å². The predicted octanol–water partition coefficient (Wildman–Crippen LogP) is 2.97. The number of guanidine groups is 1. The molecule has 0 saturated carbocycles. The Bertz CT molecular complexity index is 682. The lowest BCUT2D eigenvalue weighted by Crippen LogP contribution is -2.44. The summed E-state index contributed by atoms with van der Waals surface area (Å²) in [6, 6.07) is 8.13. The van der Waals surface area contributed by atoms with Crippen LogP contribution < -0.4 is 15.5 Å². The zero-order valence-electron chi connectivity index (χ0n) is 13.4. The normalized spacial score (nSPS) is 18.0. The molecule has 1 fully saturated rings. The van der Waals surface area contributed by atoms with E-state index < -0.39 is 11.6 Å². The lowest BCUT2D eigenvalue weighted by molar-refractivity contribution is 0.576. The Kier molecular flexibility index (Phi) is 5.30. The molecule has 2 aromatic rings. The number of hydrogen-bond donors (Lipinski definition) is 2. The van der Waals surface area contributed by atoms with Gasteiger partial charge in [-0.1, -0.05) is 12.1 Å². The van der Waals surface area contributed by atoms with Crippen LogP contribution in [0, 0.1) is 11.6 Å². The van der Waals surface area contributed by atoms with E-state index in [9.17, 15) is 8.78 Å². The first kappa shape index (κ1) is 16.7. The van der Waals surface area contributed by atoms with Gasteiger partial charge in [0.1, 0.15) is 17.3 Å². The highest BCUT2D eigenvalue weighted by molar-refractivity contribution is 7.09. The second kappa shape index (κ2) is 7.61. The quantitative estimate of drug-likeness (QED) is 0.658. The molecule has 128 valence electrons. The van der Waals surface area contributed by atoms with Gasteiger partial charge >= 0.3 is 0 Å². The molecular formula is C17H20F2N4S. The molecule has 0 spiro atoms. The van der Waals surface area contributed by atoms with Gasteiger partial charge in [0.05, 0.1) is 6.54 Å². The van der Waals surface area contributed by atoms with E-state index in [0.717, 1.165) is 6.42 Å². The summed E-state index contributed by atoms with van der Waals surface area (Å²) in [5.41, 5.74) is 0.0586. The minimum absolute atomic E-state index is 0.0586. The fourth-order valence-electron chi connectivity index (χ4n) is 2.84. The maximum absolute atomic E-state index is 13.9. The summed E-state index contributed by atoms with van der Waals surface area (Å²) < 4.78 is 27.8. The number of benzene rings is 1. The average molecular weight is 350 g/mol. The van der Waals surface area contributed by atoms with Crippen molar-refractivity contribution in [2.24, 2.45) is 4.99 Å². The van der Waals surface area contributed by atoms with Crippen LogP contribution in [-0.4, -0.2) is 32.1 Å². The highest BCUT2D eigenvalue weighted by Gasteiger charge is 2.27. The minimum Gasteiger partial charge on any atom is -0.365 e. The van der Waals surface area contributed by atoms with E-state index in [-0.39, 0.29) is 11.7 Å². The molecule has 1 aliphatic heterocycles. The second-order valence-corrected chi connectivity index (χ2v) is 6.68. The van der Waals surface area contributed by atoms with E-state index in [1.165, 1.54) is 23.1 Å². The molecule has 1 atom stereocenters. The molecule has 4 nitrogen and oxygen atoms in total. The van der Waals surface area contributed by atoms with Gasteiger partial charge in [0.15, 0.2) is 5.96 Å². The van der Waals surface area contributed by atoms with Gasteiger partial charge in [-0.3, -0.25) is 4.99 Å². The first-order valence-electron chi connectivity index (χ1n) is 7.86. The van der Waals surface area contributed by atoms with E-state index in [1.54, 1.807) is 23.3 Å². The van der Waals surface area contributed by atoms with Crippen molar-refractivity contribution in [1.29, 1.82) is 0 Å². The van der Waals surface area contributed by atoms with E-state index >= 15 is 0 Å². The van der Waals surface area contributed by atoms with Gasteiger partial charge < -0.3 is 15.5 Å². The monoisotopic (exact) mass is 350 g/mol. The van der Waals surface area contributed by atoms with Crippen molar-refractivity contribution in [1.82, 2.24) is 10.6 Å². The van der Waals surface area contributed by atoms with Gasteiger partial charge in [-0.15, -0.1) is 11.3 Å². The van der Waals surface area contributed by atoms with Crippen LogP contribution in [0.15, 0.2) is 40.7 Å². The van der Waals surface area contributed by atoms with Crippen LogP contribution in [0.1, 0.15) is 11.3 Å². The number of anilines is 1. The molecule has 1 aliphatic rings. The summed E-state index contributed by atoms with van der Waals surface area (Å²) in [7, 11) is 1.72. The van der Waals surface area contributed by atoms with Gasteiger partial charge in [0, 0.05) is 31.1 Å². The molecule has 2 N–H and O–H groups in total. The minimum atomic E-state index is -0.518. The zero-order chi connectivity index (χ0) is 16.9. The summed E-state index contributed by atoms with van der Waals surface area (Å²) >= 11 is 1.68. The van der Waals surface area contributed by atoms with Crippen molar-refractivity contribution < 1.29 is 8.78 Å². The fraction of sp³-hybridized carbons (Fsp3) is 0.353. The highest BCUT2D eigenvalue weighted by Crippen LogP contribution is 2.26. The Morgan fingerprint density at radius 3 is 2.75 bits per heavy atom. The number of aliphatic imine (C=N–C) groups is 1. The lowest BCUT2D eigenvalue weighted by Gasteiger charge is -2.21. The Hall–Kier alpha value is -2.15. The third-order valence-corrected chi connectivity index (χ3v) is 4.89. The van der Waals surface area contributed by atoms with E-state index in [4.69, 9.17) is 0 Å². The number of nitrogens with zero attached hydrogens (tertiary/aromatic N) is 2. The lowest BCUT2D eigenvalue weighted by atomic mass is 10.2. The van der Waals surface area contributed by atoms with E-state index in [0.29, 0.717) is 25.6 Å². The Morgan fingerprint density at radius 1 is 1.29 bits per heavy atom. The summed E-state index contributed by atoms with van der Waals surface area (Å²) in [5.74, 6) is -0.337. The summed E-state index contributed by atoms with van der Waals surface area (Å²) in [6.07, 6.45) is 0.799. The zero-order valence-corrected chi connectivity index (χ0v) is 14.2. The van der Waals surface area contributed by atoms with E-state index in [1.807, 2.05) is 11.4 Å². The third-order valence-electron chi connectivity index (χ3n) is 4.02. The smallest absolute Gasteiger partial charge is 0.191 e. The van der Waals surface area contributed by atoms with Crippen molar-refractivity contribution in [3.05, 3.63) is 52.2 Å². The number of thiophene rings is 1. The van der Waals surface area contributed by atoms with Crippen LogP contribution in [0.3, 0.4) is 0 Å². The standard InChI is InChI=1S/C17H20F2N4S/c1-20-17(21-10-13-4-3-9-24-13)22-12-7-8-23(11-12)16-14(18)5-2-6-15(16)19/h2-6,9,12H,7-8,10-11H2,1H3,(H2,20,21,22). The Labute approximate surface area is 144 Å². The largest absolute Gasteiger partial charge is 0.365 e. The highest BCUT2D eigenvalue weighted by atomic mass is 32.1. The molecule has 1 unspecified atom stereocenters. The number of nitrogens with one attached hydrogen (secondary N) is 2. The molecule has 0 radical (unpaired) electrons. The molecule has 24 heavy (non-hydrogen) atoms. The first-order valence-corrected chi connectivity index (χ1v) is 8.74. The SMILES string of the molecule is CN=C(NCc1cccs1)NC1CCN(c2c(F)cccc2F)C1. The van der Waals surface area contributed by atoms with Gasteiger partial charge in [-0.05, 0) is 30.0 Å². The average Bonchev–Trinajstić information content (AvgIpc) is 3.23. The van der Waals surface area contributed by atoms with Crippen molar-refractivity contribution in [3.8, 4) is 0 Å². The molecule has 0 bridgehead atoms. The molecule has 0 aliphatic carbocycles. The van der Waals surface area contributed by atoms with Crippen LogP contribution >= 0.6 is 11.3 Å². The van der Waals surface area contributed by atoms with Crippen LogP contribution in [0.4, 0.5) is 14.5 Å². The second-order valence-electron chi connectivity index (χ2n) is 5.65. The predicted molar refractivity (Wildman–Crippen MR) is 94.6 cm³/mol. The molecule has 1 aromatic carbocycles. The molecule has 0 amide bonds. The molecule has 7 heteroatoms. The van der Waals surface area contributed by atoms with Gasteiger partial charge in [0.2, 0.25) is 0 Å². The molecular weight excluding hydrogens is 330 g/mol. The summed E-state index contributed by atoms with van der Waals surface area (Å²) in [4.78, 5) is 7.18. The molecule has 1 saturated heterocycles. The van der Waals surface area contributed by atoms with Crippen molar-refractivity contribution in [2.45, 2.75) is 19.0 Å².